The number of nitrogens with one attached hydrogen (secondary N) is 1. The maximum atomic E-state index is 12.4. The van der Waals surface area contributed by atoms with Crippen LogP contribution in [0.3, 0.4) is 0 Å². The van der Waals surface area contributed by atoms with Crippen molar-refractivity contribution < 1.29 is 4.79 Å². The molecule has 0 bridgehead atoms. The van der Waals surface area contributed by atoms with Crippen molar-refractivity contribution in [2.75, 3.05) is 20.1 Å². The molecule has 0 spiro atoms. The molecular formula is C14H17N3O. The first-order chi connectivity index (χ1) is 8.72. The molecule has 0 radical (unpaired) electrons. The fourth-order valence-corrected chi connectivity index (χ4v) is 2.92. The molecule has 1 fully saturated rings. The normalized spacial score (nSPS) is 27.1. The molecular weight excluding hydrogens is 226 g/mol. The van der Waals surface area contributed by atoms with Gasteiger partial charge in [0, 0.05) is 26.6 Å². The van der Waals surface area contributed by atoms with E-state index in [9.17, 15) is 4.79 Å². The average molecular weight is 243 g/mol. The van der Waals surface area contributed by atoms with Crippen LogP contribution in [0.5, 0.6) is 0 Å². The van der Waals surface area contributed by atoms with Gasteiger partial charge < -0.3 is 5.32 Å². The summed E-state index contributed by atoms with van der Waals surface area (Å²) in [6, 6.07) is 10.2. The first kappa shape index (κ1) is 11.4. The van der Waals surface area contributed by atoms with Gasteiger partial charge in [0.2, 0.25) is 0 Å². The molecule has 1 atom stereocenters. The molecule has 1 aromatic carbocycles. The number of rotatable bonds is 2. The number of piperidine rings is 1. The maximum absolute atomic E-state index is 12.4. The highest BCUT2D eigenvalue weighted by atomic mass is 16.2. The summed E-state index contributed by atoms with van der Waals surface area (Å²) in [5.41, 5.74) is 1.78. The smallest absolute Gasteiger partial charge is 0.256 e. The van der Waals surface area contributed by atoms with Gasteiger partial charge in [-0.05, 0) is 12.0 Å². The van der Waals surface area contributed by atoms with Gasteiger partial charge in [0.25, 0.3) is 5.91 Å². The minimum absolute atomic E-state index is 0.119. The topological polar surface area (TPSA) is 44.7 Å². The van der Waals surface area contributed by atoms with E-state index >= 15 is 0 Å². The Labute approximate surface area is 107 Å². The van der Waals surface area contributed by atoms with Gasteiger partial charge in [-0.2, -0.15) is 5.10 Å². The molecule has 4 nitrogen and oxygen atoms in total. The SMILES string of the molecule is CN1N=C2CCNC[C@@]2(Cc2ccccc2)C1=O. The van der Waals surface area contributed by atoms with Crippen LogP contribution in [0.25, 0.3) is 0 Å². The van der Waals surface area contributed by atoms with E-state index in [1.54, 1.807) is 7.05 Å². The number of carbonyl (C=O) groups is 1. The number of nitrogens with zero attached hydrogens (tertiary/aromatic N) is 2. The number of amides is 1. The van der Waals surface area contributed by atoms with Crippen molar-refractivity contribution in [3.8, 4) is 0 Å². The standard InChI is InChI=1S/C14H17N3O/c1-17-13(18)14(9-11-5-3-2-4-6-11)10-15-8-7-12(14)16-17/h2-6,15H,7-10H2,1H3/t14-/m1/s1. The Morgan fingerprint density at radius 1 is 1.39 bits per heavy atom. The van der Waals surface area contributed by atoms with E-state index in [-0.39, 0.29) is 5.91 Å². The molecule has 0 aliphatic carbocycles. The Bertz CT molecular complexity index is 497. The molecule has 94 valence electrons. The van der Waals surface area contributed by atoms with Crippen LogP contribution in [0, 0.1) is 5.41 Å². The monoisotopic (exact) mass is 243 g/mol. The predicted octanol–water partition coefficient (Wildman–Crippen LogP) is 1.04. The lowest BCUT2D eigenvalue weighted by Crippen LogP contribution is -2.52. The van der Waals surface area contributed by atoms with Crippen molar-refractivity contribution in [1.82, 2.24) is 10.3 Å². The van der Waals surface area contributed by atoms with Gasteiger partial charge in [-0.3, -0.25) is 4.79 Å². The van der Waals surface area contributed by atoms with Gasteiger partial charge >= 0.3 is 0 Å². The van der Waals surface area contributed by atoms with E-state index < -0.39 is 5.41 Å². The Balaban J connectivity index is 1.96. The number of benzene rings is 1. The lowest BCUT2D eigenvalue weighted by molar-refractivity contribution is -0.134. The lowest BCUT2D eigenvalue weighted by Gasteiger charge is -2.33. The molecule has 2 aliphatic rings. The van der Waals surface area contributed by atoms with Gasteiger partial charge in [0.05, 0.1) is 5.71 Å². The summed E-state index contributed by atoms with van der Waals surface area (Å²) in [4.78, 5) is 12.4. The number of carbonyl (C=O) groups excluding carboxylic acids is 1. The highest BCUT2D eigenvalue weighted by Gasteiger charge is 2.50. The zero-order valence-corrected chi connectivity index (χ0v) is 10.5. The molecule has 1 N–H and O–H groups in total. The minimum Gasteiger partial charge on any atom is -0.315 e. The second-order valence-electron chi connectivity index (χ2n) is 5.05. The number of hydrazone groups is 1. The third-order valence-electron chi connectivity index (χ3n) is 3.84. The van der Waals surface area contributed by atoms with Crippen LogP contribution in [0.15, 0.2) is 35.4 Å². The summed E-state index contributed by atoms with van der Waals surface area (Å²) in [6.07, 6.45) is 1.60. The summed E-state index contributed by atoms with van der Waals surface area (Å²) >= 11 is 0. The maximum Gasteiger partial charge on any atom is 0.256 e. The molecule has 18 heavy (non-hydrogen) atoms. The van der Waals surface area contributed by atoms with E-state index in [1.807, 2.05) is 18.2 Å². The Morgan fingerprint density at radius 3 is 2.94 bits per heavy atom. The average Bonchev–Trinajstić information content (AvgIpc) is 2.64. The zero-order valence-electron chi connectivity index (χ0n) is 10.5. The Kier molecular flexibility index (Phi) is 2.67. The van der Waals surface area contributed by atoms with Gasteiger partial charge in [0.15, 0.2) is 0 Å². The summed E-state index contributed by atoms with van der Waals surface area (Å²) < 4.78 is 0. The van der Waals surface area contributed by atoms with Gasteiger partial charge in [-0.1, -0.05) is 30.3 Å². The first-order valence-corrected chi connectivity index (χ1v) is 6.33. The molecule has 0 unspecified atom stereocenters. The van der Waals surface area contributed by atoms with Crippen LogP contribution in [-0.2, 0) is 11.2 Å². The van der Waals surface area contributed by atoms with E-state index in [1.165, 1.54) is 10.6 Å². The molecule has 2 heterocycles. The van der Waals surface area contributed by atoms with Gasteiger partial charge in [-0.25, -0.2) is 5.01 Å². The summed E-state index contributed by atoms with van der Waals surface area (Å²) in [7, 11) is 1.75. The van der Waals surface area contributed by atoms with E-state index in [4.69, 9.17) is 0 Å². The van der Waals surface area contributed by atoms with Crippen LogP contribution in [-0.4, -0.2) is 36.8 Å². The van der Waals surface area contributed by atoms with Crippen molar-refractivity contribution in [2.24, 2.45) is 10.5 Å². The molecule has 3 rings (SSSR count). The lowest BCUT2D eigenvalue weighted by atomic mass is 9.74. The van der Waals surface area contributed by atoms with Crippen LogP contribution in [0.1, 0.15) is 12.0 Å². The predicted molar refractivity (Wildman–Crippen MR) is 70.3 cm³/mol. The van der Waals surface area contributed by atoms with E-state index in [0.29, 0.717) is 6.54 Å². The highest BCUT2D eigenvalue weighted by molar-refractivity contribution is 6.13. The van der Waals surface area contributed by atoms with E-state index in [0.717, 1.165) is 25.1 Å². The Hall–Kier alpha value is -1.68. The Morgan fingerprint density at radius 2 is 2.17 bits per heavy atom. The van der Waals surface area contributed by atoms with Crippen molar-refractivity contribution in [1.29, 1.82) is 0 Å². The second kappa shape index (κ2) is 4.21. The minimum atomic E-state index is -0.450. The van der Waals surface area contributed by atoms with Crippen molar-refractivity contribution in [3.05, 3.63) is 35.9 Å². The fourth-order valence-electron chi connectivity index (χ4n) is 2.92. The number of hydrogen-bond acceptors (Lipinski definition) is 3. The summed E-state index contributed by atoms with van der Waals surface area (Å²) in [5.74, 6) is 0.119. The third-order valence-corrected chi connectivity index (χ3v) is 3.84. The van der Waals surface area contributed by atoms with E-state index in [2.05, 4.69) is 22.6 Å². The van der Waals surface area contributed by atoms with Gasteiger partial charge in [0.1, 0.15) is 5.41 Å². The molecule has 1 saturated heterocycles. The summed E-state index contributed by atoms with van der Waals surface area (Å²) in [6.45, 7) is 1.61. The number of fused-ring (bicyclic) bond motifs is 1. The largest absolute Gasteiger partial charge is 0.315 e. The van der Waals surface area contributed by atoms with Crippen LogP contribution < -0.4 is 5.32 Å². The van der Waals surface area contributed by atoms with Crippen molar-refractivity contribution in [3.63, 3.8) is 0 Å². The third kappa shape index (κ3) is 1.64. The van der Waals surface area contributed by atoms with Crippen LogP contribution >= 0.6 is 0 Å². The number of hydrogen-bond donors (Lipinski definition) is 1. The summed E-state index contributed by atoms with van der Waals surface area (Å²) in [5, 5.41) is 9.27. The molecule has 0 saturated carbocycles. The molecule has 4 heteroatoms. The quantitative estimate of drug-likeness (QED) is 0.843. The molecule has 1 amide bonds. The van der Waals surface area contributed by atoms with Crippen LogP contribution in [0.2, 0.25) is 0 Å². The molecule has 0 aromatic heterocycles. The fraction of sp³-hybridized carbons (Fsp3) is 0.429. The van der Waals surface area contributed by atoms with Gasteiger partial charge in [-0.15, -0.1) is 0 Å². The van der Waals surface area contributed by atoms with Crippen LogP contribution in [0.4, 0.5) is 0 Å². The molecule has 2 aliphatic heterocycles. The zero-order chi connectivity index (χ0) is 12.6. The van der Waals surface area contributed by atoms with Crippen molar-refractivity contribution >= 4 is 11.6 Å². The highest BCUT2D eigenvalue weighted by Crippen LogP contribution is 2.35. The first-order valence-electron chi connectivity index (χ1n) is 6.33. The molecule has 1 aromatic rings. The van der Waals surface area contributed by atoms with Crippen molar-refractivity contribution in [2.45, 2.75) is 12.8 Å². The second-order valence-corrected chi connectivity index (χ2v) is 5.05.